The van der Waals surface area contributed by atoms with E-state index in [9.17, 15) is 4.79 Å². The predicted octanol–water partition coefficient (Wildman–Crippen LogP) is 4.67. The molecule has 0 spiro atoms. The number of nitrogens with two attached hydrogens (primary N) is 1. The van der Waals surface area contributed by atoms with Crippen molar-refractivity contribution in [3.63, 3.8) is 0 Å². The van der Waals surface area contributed by atoms with Crippen LogP contribution in [0.1, 0.15) is 35.4 Å². The predicted molar refractivity (Wildman–Crippen MR) is 117 cm³/mol. The van der Waals surface area contributed by atoms with Gasteiger partial charge < -0.3 is 10.7 Å². The number of aromatic amines is 1. The fraction of sp³-hybridized carbons (Fsp3) is 0.273. The maximum Gasteiger partial charge on any atom is 0.293 e. The number of hydrogen-bond donors (Lipinski definition) is 2. The van der Waals surface area contributed by atoms with E-state index in [0.717, 1.165) is 37.2 Å². The molecule has 0 atom stereocenters. The minimum atomic E-state index is -0.163. The Hall–Kier alpha value is -2.83. The summed E-state index contributed by atoms with van der Waals surface area (Å²) in [6.07, 6.45) is 3.30. The normalized spacial score (nSPS) is 14.7. The topological polar surface area (TPSA) is 78.2 Å². The number of aryl methyl sites for hydroxylation is 1. The Labute approximate surface area is 175 Å². The van der Waals surface area contributed by atoms with Gasteiger partial charge in [0.15, 0.2) is 5.69 Å². The van der Waals surface area contributed by atoms with E-state index in [2.05, 4.69) is 15.0 Å². The fourth-order valence-corrected chi connectivity index (χ4v) is 3.88. The second-order valence-corrected chi connectivity index (χ2v) is 7.67. The molecule has 2 aromatic carbocycles. The van der Waals surface area contributed by atoms with Crippen LogP contribution < -0.4 is 10.7 Å². The number of rotatable bonds is 4. The number of hydrazine groups is 1. The van der Waals surface area contributed by atoms with Crippen molar-refractivity contribution in [2.24, 2.45) is 0 Å². The summed E-state index contributed by atoms with van der Waals surface area (Å²) in [6.45, 7) is 3.52. The Morgan fingerprint density at radius 1 is 1.10 bits per heavy atom. The van der Waals surface area contributed by atoms with Crippen LogP contribution in [0.4, 0.5) is 11.4 Å². The fourth-order valence-electron chi connectivity index (χ4n) is 3.65. The number of halogens is 1. The van der Waals surface area contributed by atoms with Crippen LogP contribution in [0.25, 0.3) is 11.4 Å². The summed E-state index contributed by atoms with van der Waals surface area (Å²) in [5, 5.41) is 4.42. The average molecular weight is 410 g/mol. The lowest BCUT2D eigenvalue weighted by Gasteiger charge is -2.37. The molecule has 0 radical (unpaired) electrons. The number of hydrogen-bond acceptors (Lipinski definition) is 4. The zero-order chi connectivity index (χ0) is 20.4. The van der Waals surface area contributed by atoms with Crippen LogP contribution in [0.2, 0.25) is 5.02 Å². The average Bonchev–Trinajstić information content (AvgIpc) is 3.12. The third kappa shape index (κ3) is 3.99. The SMILES string of the molecule is Cc1[nH]c(-c2ccccc2Cl)nc1C(=O)N(c1ccc(N)cc1)N1CCCCC1. The van der Waals surface area contributed by atoms with Crippen LogP contribution in [0, 0.1) is 6.92 Å². The highest BCUT2D eigenvalue weighted by atomic mass is 35.5. The number of anilines is 2. The van der Waals surface area contributed by atoms with E-state index in [0.29, 0.717) is 27.9 Å². The summed E-state index contributed by atoms with van der Waals surface area (Å²) in [6, 6.07) is 14.8. The van der Waals surface area contributed by atoms with Crippen LogP contribution >= 0.6 is 11.6 Å². The van der Waals surface area contributed by atoms with Crippen molar-refractivity contribution in [2.75, 3.05) is 23.8 Å². The van der Waals surface area contributed by atoms with E-state index in [1.54, 1.807) is 5.01 Å². The van der Waals surface area contributed by atoms with Gasteiger partial charge in [-0.25, -0.2) is 15.0 Å². The van der Waals surface area contributed by atoms with Gasteiger partial charge in [-0.15, -0.1) is 0 Å². The van der Waals surface area contributed by atoms with Crippen molar-refractivity contribution < 1.29 is 4.79 Å². The summed E-state index contributed by atoms with van der Waals surface area (Å²) in [4.78, 5) is 21.5. The highest BCUT2D eigenvalue weighted by Gasteiger charge is 2.29. The molecule has 3 aromatic rings. The summed E-state index contributed by atoms with van der Waals surface area (Å²) < 4.78 is 0. The molecule has 3 N–H and O–H groups in total. The number of carbonyl (C=O) groups excluding carboxylic acids is 1. The van der Waals surface area contributed by atoms with Gasteiger partial charge in [0.1, 0.15) is 5.82 Å². The second-order valence-electron chi connectivity index (χ2n) is 7.26. The zero-order valence-corrected chi connectivity index (χ0v) is 17.1. The third-order valence-corrected chi connectivity index (χ3v) is 5.49. The van der Waals surface area contributed by atoms with Gasteiger partial charge in [-0.3, -0.25) is 4.79 Å². The quantitative estimate of drug-likeness (QED) is 0.614. The van der Waals surface area contributed by atoms with E-state index >= 15 is 0 Å². The number of nitrogen functional groups attached to an aromatic ring is 1. The molecular weight excluding hydrogens is 386 g/mol. The lowest BCUT2D eigenvalue weighted by Crippen LogP contribution is -2.49. The number of aromatic nitrogens is 2. The minimum absolute atomic E-state index is 0.163. The Balaban J connectivity index is 1.72. The van der Waals surface area contributed by atoms with E-state index in [4.69, 9.17) is 17.3 Å². The number of benzene rings is 2. The lowest BCUT2D eigenvalue weighted by atomic mass is 10.1. The van der Waals surface area contributed by atoms with Crippen molar-refractivity contribution in [3.05, 3.63) is 64.9 Å². The molecule has 2 heterocycles. The zero-order valence-electron chi connectivity index (χ0n) is 16.4. The molecule has 1 aliphatic rings. The minimum Gasteiger partial charge on any atom is -0.399 e. The van der Waals surface area contributed by atoms with Gasteiger partial charge in [0, 0.05) is 30.0 Å². The van der Waals surface area contributed by atoms with Crippen LogP contribution in [-0.4, -0.2) is 34.0 Å². The summed E-state index contributed by atoms with van der Waals surface area (Å²) >= 11 is 6.32. The Bertz CT molecular complexity index is 1010. The summed E-state index contributed by atoms with van der Waals surface area (Å²) in [5.41, 5.74) is 9.17. The molecule has 1 saturated heterocycles. The standard InChI is InChI=1S/C22H24ClN5O/c1-15-20(26-21(25-15)18-7-3-4-8-19(18)23)22(29)28(27-13-5-2-6-14-27)17-11-9-16(24)10-12-17/h3-4,7-12H,2,5-6,13-14,24H2,1H3,(H,25,26). The highest BCUT2D eigenvalue weighted by molar-refractivity contribution is 6.33. The van der Waals surface area contributed by atoms with Crippen LogP contribution in [0.3, 0.4) is 0 Å². The number of nitrogens with zero attached hydrogens (tertiary/aromatic N) is 3. The number of nitrogens with one attached hydrogen (secondary N) is 1. The monoisotopic (exact) mass is 409 g/mol. The van der Waals surface area contributed by atoms with Gasteiger partial charge in [-0.2, -0.15) is 0 Å². The van der Waals surface area contributed by atoms with E-state index in [1.807, 2.05) is 55.5 Å². The van der Waals surface area contributed by atoms with Gasteiger partial charge >= 0.3 is 0 Å². The molecule has 1 aliphatic heterocycles. The molecule has 6 nitrogen and oxygen atoms in total. The number of imidazole rings is 1. The molecule has 4 rings (SSSR count). The molecule has 0 unspecified atom stereocenters. The van der Waals surface area contributed by atoms with Crippen molar-refractivity contribution in [1.82, 2.24) is 15.0 Å². The summed E-state index contributed by atoms with van der Waals surface area (Å²) in [7, 11) is 0. The van der Waals surface area contributed by atoms with Crippen LogP contribution in [0.15, 0.2) is 48.5 Å². The molecule has 29 heavy (non-hydrogen) atoms. The number of amides is 1. The first kappa shape index (κ1) is 19.5. The molecule has 0 bridgehead atoms. The second kappa shape index (κ2) is 8.27. The molecule has 1 aromatic heterocycles. The van der Waals surface area contributed by atoms with Gasteiger partial charge in [0.2, 0.25) is 0 Å². The molecule has 0 aliphatic carbocycles. The number of H-pyrrole nitrogens is 1. The Morgan fingerprint density at radius 3 is 2.48 bits per heavy atom. The molecule has 1 amide bonds. The first-order valence-electron chi connectivity index (χ1n) is 9.81. The van der Waals surface area contributed by atoms with Crippen molar-refractivity contribution in [2.45, 2.75) is 26.2 Å². The van der Waals surface area contributed by atoms with Crippen molar-refractivity contribution in [3.8, 4) is 11.4 Å². The largest absolute Gasteiger partial charge is 0.399 e. The van der Waals surface area contributed by atoms with Crippen molar-refractivity contribution in [1.29, 1.82) is 0 Å². The smallest absolute Gasteiger partial charge is 0.293 e. The number of carbonyl (C=O) groups is 1. The van der Waals surface area contributed by atoms with Gasteiger partial charge in [0.25, 0.3) is 5.91 Å². The summed E-state index contributed by atoms with van der Waals surface area (Å²) in [5.74, 6) is 0.427. The molecule has 1 fully saturated rings. The third-order valence-electron chi connectivity index (χ3n) is 5.16. The highest BCUT2D eigenvalue weighted by Crippen LogP contribution is 2.28. The van der Waals surface area contributed by atoms with Crippen molar-refractivity contribution >= 4 is 28.9 Å². The van der Waals surface area contributed by atoms with Gasteiger partial charge in [-0.05, 0) is 56.2 Å². The maximum absolute atomic E-state index is 13.6. The molecule has 150 valence electrons. The van der Waals surface area contributed by atoms with E-state index < -0.39 is 0 Å². The molecule has 0 saturated carbocycles. The number of piperidine rings is 1. The Morgan fingerprint density at radius 2 is 1.79 bits per heavy atom. The Kier molecular flexibility index (Phi) is 5.56. The molecular formula is C22H24ClN5O. The van der Waals surface area contributed by atoms with Gasteiger partial charge in [0.05, 0.1) is 10.7 Å². The first-order valence-corrected chi connectivity index (χ1v) is 10.2. The van der Waals surface area contributed by atoms with Crippen LogP contribution in [0.5, 0.6) is 0 Å². The van der Waals surface area contributed by atoms with E-state index in [-0.39, 0.29) is 5.91 Å². The lowest BCUT2D eigenvalue weighted by molar-refractivity contribution is 0.0867. The van der Waals surface area contributed by atoms with Crippen LogP contribution in [-0.2, 0) is 0 Å². The van der Waals surface area contributed by atoms with E-state index in [1.165, 1.54) is 6.42 Å². The molecule has 7 heteroatoms. The first-order chi connectivity index (χ1) is 14.0. The maximum atomic E-state index is 13.6. The van der Waals surface area contributed by atoms with Gasteiger partial charge in [-0.1, -0.05) is 30.2 Å².